The highest BCUT2D eigenvalue weighted by Gasteiger charge is 2.26. The lowest BCUT2D eigenvalue weighted by atomic mass is 10.1. The van der Waals surface area contributed by atoms with E-state index in [0.29, 0.717) is 6.61 Å². The van der Waals surface area contributed by atoms with Crippen molar-refractivity contribution in [2.24, 2.45) is 0 Å². The summed E-state index contributed by atoms with van der Waals surface area (Å²) in [4.78, 5) is 18.7. The molecule has 0 saturated carbocycles. The van der Waals surface area contributed by atoms with E-state index in [1.54, 1.807) is 7.11 Å². The first-order valence-corrected chi connectivity index (χ1v) is 6.27. The van der Waals surface area contributed by atoms with Gasteiger partial charge >= 0.3 is 5.69 Å². The Labute approximate surface area is 118 Å². The molecule has 0 radical (unpaired) electrons. The fourth-order valence-electron chi connectivity index (χ4n) is 1.63. The lowest BCUT2D eigenvalue weighted by Crippen LogP contribution is -2.28. The predicted octanol–water partition coefficient (Wildman–Crippen LogP) is 2.04. The molecule has 0 fully saturated rings. The Kier molecular flexibility index (Phi) is 5.20. The summed E-state index contributed by atoms with van der Waals surface area (Å²) in [6.45, 7) is 7.98. The van der Waals surface area contributed by atoms with E-state index in [2.05, 4.69) is 20.6 Å². The topological polar surface area (TPSA) is 102 Å². The van der Waals surface area contributed by atoms with Gasteiger partial charge in [-0.2, -0.15) is 0 Å². The van der Waals surface area contributed by atoms with Crippen LogP contribution in [0.4, 0.5) is 17.3 Å². The number of hydrogen-bond acceptors (Lipinski definition) is 7. The van der Waals surface area contributed by atoms with Crippen molar-refractivity contribution in [1.82, 2.24) is 9.97 Å². The van der Waals surface area contributed by atoms with Crippen LogP contribution in [0, 0.1) is 10.1 Å². The highest BCUT2D eigenvalue weighted by Crippen LogP contribution is 2.30. The SMILES string of the molecule is COCC(C)Nc1ncnc(NC(C)(C)C)c1[N+](=O)[O-]. The number of methoxy groups -OCH3 is 1. The Hall–Kier alpha value is -1.96. The maximum absolute atomic E-state index is 11.3. The van der Waals surface area contributed by atoms with Crippen LogP contribution in [-0.2, 0) is 4.74 Å². The molecule has 1 atom stereocenters. The molecular formula is C12H21N5O3. The second-order valence-corrected chi connectivity index (χ2v) is 5.55. The summed E-state index contributed by atoms with van der Waals surface area (Å²) in [5.74, 6) is 0.380. The zero-order chi connectivity index (χ0) is 15.3. The molecule has 8 nitrogen and oxygen atoms in total. The number of hydrogen-bond donors (Lipinski definition) is 2. The van der Waals surface area contributed by atoms with Crippen molar-refractivity contribution in [3.8, 4) is 0 Å². The molecule has 0 saturated heterocycles. The van der Waals surface area contributed by atoms with Crippen LogP contribution in [0.5, 0.6) is 0 Å². The summed E-state index contributed by atoms with van der Waals surface area (Å²) >= 11 is 0. The molecular weight excluding hydrogens is 262 g/mol. The normalized spacial score (nSPS) is 12.8. The fraction of sp³-hybridized carbons (Fsp3) is 0.667. The van der Waals surface area contributed by atoms with Crippen molar-refractivity contribution in [2.45, 2.75) is 39.3 Å². The van der Waals surface area contributed by atoms with E-state index >= 15 is 0 Å². The van der Waals surface area contributed by atoms with Crippen molar-refractivity contribution < 1.29 is 9.66 Å². The Morgan fingerprint density at radius 2 is 2.00 bits per heavy atom. The largest absolute Gasteiger partial charge is 0.383 e. The quantitative estimate of drug-likeness (QED) is 0.608. The molecule has 0 aliphatic carbocycles. The third-order valence-corrected chi connectivity index (χ3v) is 2.30. The number of anilines is 2. The van der Waals surface area contributed by atoms with Gasteiger partial charge in [0.15, 0.2) is 0 Å². The van der Waals surface area contributed by atoms with Crippen molar-refractivity contribution in [2.75, 3.05) is 24.4 Å². The van der Waals surface area contributed by atoms with E-state index in [9.17, 15) is 10.1 Å². The van der Waals surface area contributed by atoms with E-state index in [1.165, 1.54) is 6.33 Å². The van der Waals surface area contributed by atoms with Gasteiger partial charge in [0.1, 0.15) is 6.33 Å². The molecule has 0 spiro atoms. The predicted molar refractivity (Wildman–Crippen MR) is 77.0 cm³/mol. The molecule has 0 aromatic carbocycles. The monoisotopic (exact) mass is 283 g/mol. The van der Waals surface area contributed by atoms with Crippen LogP contribution < -0.4 is 10.6 Å². The molecule has 0 bridgehead atoms. The third-order valence-electron chi connectivity index (χ3n) is 2.30. The van der Waals surface area contributed by atoms with Gasteiger partial charge < -0.3 is 15.4 Å². The maximum Gasteiger partial charge on any atom is 0.353 e. The molecule has 2 N–H and O–H groups in total. The number of nitro groups is 1. The number of nitrogens with one attached hydrogen (secondary N) is 2. The molecule has 0 aliphatic heterocycles. The summed E-state index contributed by atoms with van der Waals surface area (Å²) in [5.41, 5.74) is -0.500. The van der Waals surface area contributed by atoms with Crippen LogP contribution >= 0.6 is 0 Å². The third kappa shape index (κ3) is 4.61. The highest BCUT2D eigenvalue weighted by atomic mass is 16.6. The first kappa shape index (κ1) is 16.1. The molecule has 1 aromatic rings. The van der Waals surface area contributed by atoms with Crippen LogP contribution in [0.15, 0.2) is 6.33 Å². The Morgan fingerprint density at radius 3 is 2.50 bits per heavy atom. The summed E-state index contributed by atoms with van der Waals surface area (Å²) < 4.78 is 5.00. The van der Waals surface area contributed by atoms with E-state index in [-0.39, 0.29) is 28.9 Å². The van der Waals surface area contributed by atoms with Crippen molar-refractivity contribution in [3.63, 3.8) is 0 Å². The molecule has 1 rings (SSSR count). The summed E-state index contributed by atoms with van der Waals surface area (Å²) in [5, 5.41) is 17.3. The van der Waals surface area contributed by atoms with Crippen LogP contribution in [0.1, 0.15) is 27.7 Å². The average Bonchev–Trinajstić information content (AvgIpc) is 2.26. The highest BCUT2D eigenvalue weighted by molar-refractivity contribution is 5.69. The van der Waals surface area contributed by atoms with Crippen LogP contribution in [0.25, 0.3) is 0 Å². The van der Waals surface area contributed by atoms with Gasteiger partial charge in [0.2, 0.25) is 11.6 Å². The maximum atomic E-state index is 11.3. The second kappa shape index (κ2) is 6.47. The van der Waals surface area contributed by atoms with E-state index < -0.39 is 4.92 Å². The molecule has 112 valence electrons. The number of aromatic nitrogens is 2. The number of nitrogens with zero attached hydrogens (tertiary/aromatic N) is 3. The van der Waals surface area contributed by atoms with Crippen LogP contribution in [-0.4, -0.2) is 40.2 Å². The minimum Gasteiger partial charge on any atom is -0.383 e. The van der Waals surface area contributed by atoms with Gasteiger partial charge in [-0.3, -0.25) is 10.1 Å². The van der Waals surface area contributed by atoms with Crippen molar-refractivity contribution in [1.29, 1.82) is 0 Å². The smallest absolute Gasteiger partial charge is 0.353 e. The first-order valence-electron chi connectivity index (χ1n) is 6.27. The van der Waals surface area contributed by atoms with E-state index in [1.807, 2.05) is 27.7 Å². The standard InChI is InChI=1S/C12H21N5O3/c1-8(6-20-5)15-10-9(17(18)19)11(14-7-13-10)16-12(2,3)4/h7-8H,6H2,1-5H3,(H2,13,14,15,16). The van der Waals surface area contributed by atoms with Gasteiger partial charge in [-0.25, -0.2) is 9.97 Å². The Morgan fingerprint density at radius 1 is 1.40 bits per heavy atom. The van der Waals surface area contributed by atoms with Crippen molar-refractivity contribution in [3.05, 3.63) is 16.4 Å². The minimum absolute atomic E-state index is 0.101. The van der Waals surface area contributed by atoms with Crippen LogP contribution in [0.3, 0.4) is 0 Å². The zero-order valence-electron chi connectivity index (χ0n) is 12.4. The van der Waals surface area contributed by atoms with Gasteiger partial charge in [0, 0.05) is 18.7 Å². The van der Waals surface area contributed by atoms with Gasteiger partial charge in [-0.05, 0) is 27.7 Å². The Balaban J connectivity index is 3.11. The first-order chi connectivity index (χ1) is 9.24. The lowest BCUT2D eigenvalue weighted by Gasteiger charge is -2.21. The molecule has 0 aliphatic rings. The van der Waals surface area contributed by atoms with E-state index in [4.69, 9.17) is 4.74 Å². The van der Waals surface area contributed by atoms with Gasteiger partial charge in [-0.15, -0.1) is 0 Å². The Bertz CT molecular complexity index is 473. The molecule has 20 heavy (non-hydrogen) atoms. The lowest BCUT2D eigenvalue weighted by molar-refractivity contribution is -0.383. The fourth-order valence-corrected chi connectivity index (χ4v) is 1.63. The minimum atomic E-state index is -0.490. The van der Waals surface area contributed by atoms with Crippen LogP contribution in [0.2, 0.25) is 0 Å². The number of ether oxygens (including phenoxy) is 1. The molecule has 1 unspecified atom stereocenters. The summed E-state index contributed by atoms with van der Waals surface area (Å²) in [7, 11) is 1.57. The second-order valence-electron chi connectivity index (χ2n) is 5.55. The summed E-state index contributed by atoms with van der Waals surface area (Å²) in [6, 6.07) is -0.101. The summed E-state index contributed by atoms with van der Waals surface area (Å²) in [6.07, 6.45) is 1.29. The van der Waals surface area contributed by atoms with E-state index in [0.717, 1.165) is 0 Å². The zero-order valence-corrected chi connectivity index (χ0v) is 12.4. The average molecular weight is 283 g/mol. The molecule has 1 heterocycles. The molecule has 0 amide bonds. The molecule has 8 heteroatoms. The van der Waals surface area contributed by atoms with Gasteiger partial charge in [-0.1, -0.05) is 0 Å². The van der Waals surface area contributed by atoms with Gasteiger partial charge in [0.25, 0.3) is 0 Å². The van der Waals surface area contributed by atoms with Crippen molar-refractivity contribution >= 4 is 17.3 Å². The number of rotatable bonds is 6. The molecule has 1 aromatic heterocycles. The van der Waals surface area contributed by atoms with Gasteiger partial charge in [0.05, 0.1) is 11.5 Å².